The maximum atomic E-state index is 12.0. The molecule has 4 heteroatoms. The van der Waals surface area contributed by atoms with Crippen LogP contribution in [0.2, 0.25) is 0 Å². The molecule has 0 aromatic rings. The van der Waals surface area contributed by atoms with Gasteiger partial charge in [0.05, 0.1) is 11.8 Å². The number of aliphatic carboxylic acids is 1. The molecule has 1 saturated carbocycles. The number of carboxylic acid groups (broad SMARTS) is 1. The highest BCUT2D eigenvalue weighted by molar-refractivity contribution is 5.89. The van der Waals surface area contributed by atoms with Gasteiger partial charge in [-0.15, -0.1) is 0 Å². The highest BCUT2D eigenvalue weighted by Gasteiger charge is 2.49. The van der Waals surface area contributed by atoms with Crippen molar-refractivity contribution in [2.75, 3.05) is 13.1 Å². The largest absolute Gasteiger partial charge is 0.481 e. The summed E-state index contributed by atoms with van der Waals surface area (Å²) in [4.78, 5) is 24.6. The predicted octanol–water partition coefficient (Wildman–Crippen LogP) is 1.36. The minimum atomic E-state index is -0.818. The van der Waals surface area contributed by atoms with E-state index in [1.54, 1.807) is 0 Å². The summed E-state index contributed by atoms with van der Waals surface area (Å²) in [5.74, 6) is -0.843. The van der Waals surface area contributed by atoms with Crippen LogP contribution in [-0.4, -0.2) is 35.0 Å². The average molecular weight is 225 g/mol. The van der Waals surface area contributed by atoms with Gasteiger partial charge in [-0.05, 0) is 25.2 Å². The lowest BCUT2D eigenvalue weighted by Crippen LogP contribution is -2.35. The lowest BCUT2D eigenvalue weighted by molar-refractivity contribution is -0.142. The molecule has 0 aromatic carbocycles. The van der Waals surface area contributed by atoms with Gasteiger partial charge in [-0.1, -0.05) is 13.3 Å². The molecule has 1 aliphatic heterocycles. The van der Waals surface area contributed by atoms with Crippen LogP contribution in [0.5, 0.6) is 0 Å². The van der Waals surface area contributed by atoms with Crippen molar-refractivity contribution in [2.45, 2.75) is 32.6 Å². The molecule has 1 amide bonds. The van der Waals surface area contributed by atoms with Crippen LogP contribution < -0.4 is 0 Å². The summed E-state index contributed by atoms with van der Waals surface area (Å²) >= 11 is 0. The molecule has 1 heterocycles. The smallest absolute Gasteiger partial charge is 0.307 e. The Kier molecular flexibility index (Phi) is 3.17. The first kappa shape index (κ1) is 11.4. The van der Waals surface area contributed by atoms with E-state index in [1.807, 2.05) is 4.90 Å². The Bertz CT molecular complexity index is 303. The quantitative estimate of drug-likeness (QED) is 0.772. The minimum absolute atomic E-state index is 0.0705. The van der Waals surface area contributed by atoms with E-state index in [4.69, 9.17) is 5.11 Å². The summed E-state index contributed by atoms with van der Waals surface area (Å²) in [6, 6.07) is 0. The standard InChI is InChI=1S/C12H19NO3/c1-8-4-2-3-5-13(7-8)11(14)9-6-10(9)12(15)16/h8-10H,2-7H2,1H3,(H,15,16). The Morgan fingerprint density at radius 3 is 2.62 bits per heavy atom. The van der Waals surface area contributed by atoms with E-state index in [2.05, 4.69) is 6.92 Å². The molecule has 1 N–H and O–H groups in total. The third kappa shape index (κ3) is 2.36. The molecule has 16 heavy (non-hydrogen) atoms. The van der Waals surface area contributed by atoms with Crippen molar-refractivity contribution in [1.29, 1.82) is 0 Å². The Morgan fingerprint density at radius 1 is 1.25 bits per heavy atom. The van der Waals surface area contributed by atoms with Crippen LogP contribution >= 0.6 is 0 Å². The first-order valence-corrected chi connectivity index (χ1v) is 6.11. The number of carbonyl (C=O) groups excluding carboxylic acids is 1. The van der Waals surface area contributed by atoms with Gasteiger partial charge in [-0.2, -0.15) is 0 Å². The lowest BCUT2D eigenvalue weighted by Gasteiger charge is -2.22. The number of rotatable bonds is 2. The van der Waals surface area contributed by atoms with Crippen LogP contribution in [0.1, 0.15) is 32.6 Å². The summed E-state index contributed by atoms with van der Waals surface area (Å²) < 4.78 is 0. The minimum Gasteiger partial charge on any atom is -0.481 e. The summed E-state index contributed by atoms with van der Waals surface area (Å²) in [5, 5.41) is 8.81. The summed E-state index contributed by atoms with van der Waals surface area (Å²) in [7, 11) is 0. The average Bonchev–Trinajstić information content (AvgIpc) is 3.00. The van der Waals surface area contributed by atoms with Crippen molar-refractivity contribution in [3.63, 3.8) is 0 Å². The fraction of sp³-hybridized carbons (Fsp3) is 0.833. The van der Waals surface area contributed by atoms with Gasteiger partial charge in [0.15, 0.2) is 0 Å². The van der Waals surface area contributed by atoms with E-state index in [0.29, 0.717) is 12.3 Å². The topological polar surface area (TPSA) is 57.6 Å². The Hall–Kier alpha value is -1.06. The van der Waals surface area contributed by atoms with Crippen molar-refractivity contribution in [3.05, 3.63) is 0 Å². The van der Waals surface area contributed by atoms with Crippen molar-refractivity contribution in [1.82, 2.24) is 4.90 Å². The number of likely N-dealkylation sites (tertiary alicyclic amines) is 1. The van der Waals surface area contributed by atoms with E-state index >= 15 is 0 Å². The second-order valence-electron chi connectivity index (χ2n) is 5.17. The number of carbonyl (C=O) groups is 2. The Labute approximate surface area is 95.6 Å². The molecule has 0 bridgehead atoms. The number of hydrogen-bond donors (Lipinski definition) is 1. The van der Waals surface area contributed by atoms with Crippen LogP contribution in [0.25, 0.3) is 0 Å². The first-order valence-electron chi connectivity index (χ1n) is 6.11. The maximum absolute atomic E-state index is 12.0. The molecule has 2 fully saturated rings. The van der Waals surface area contributed by atoms with Crippen LogP contribution in [0.4, 0.5) is 0 Å². The summed E-state index contributed by atoms with van der Waals surface area (Å²) in [6.45, 7) is 3.78. The highest BCUT2D eigenvalue weighted by atomic mass is 16.4. The molecule has 4 nitrogen and oxygen atoms in total. The van der Waals surface area contributed by atoms with Gasteiger partial charge >= 0.3 is 5.97 Å². The molecule has 2 aliphatic rings. The van der Waals surface area contributed by atoms with Gasteiger partial charge in [0.2, 0.25) is 5.91 Å². The van der Waals surface area contributed by atoms with Crippen molar-refractivity contribution < 1.29 is 14.7 Å². The van der Waals surface area contributed by atoms with E-state index in [9.17, 15) is 9.59 Å². The van der Waals surface area contributed by atoms with E-state index in [1.165, 1.54) is 12.8 Å². The van der Waals surface area contributed by atoms with E-state index in [0.717, 1.165) is 19.5 Å². The normalized spacial score (nSPS) is 34.3. The van der Waals surface area contributed by atoms with Crippen molar-refractivity contribution in [2.24, 2.45) is 17.8 Å². The number of nitrogens with zero attached hydrogens (tertiary/aromatic N) is 1. The van der Waals surface area contributed by atoms with E-state index in [-0.39, 0.29) is 11.8 Å². The molecule has 0 spiro atoms. The molecule has 0 aromatic heterocycles. The van der Waals surface area contributed by atoms with Crippen LogP contribution in [0.15, 0.2) is 0 Å². The zero-order valence-corrected chi connectivity index (χ0v) is 9.69. The maximum Gasteiger partial charge on any atom is 0.307 e. The monoisotopic (exact) mass is 225 g/mol. The van der Waals surface area contributed by atoms with Gasteiger partial charge in [0.1, 0.15) is 0 Å². The third-order valence-electron chi connectivity index (χ3n) is 3.64. The molecule has 3 atom stereocenters. The highest BCUT2D eigenvalue weighted by Crippen LogP contribution is 2.40. The lowest BCUT2D eigenvalue weighted by atomic mass is 10.1. The SMILES string of the molecule is CC1CCCCN(C(=O)C2CC2C(=O)O)C1. The molecular weight excluding hydrogens is 206 g/mol. The Morgan fingerprint density at radius 2 is 2.00 bits per heavy atom. The van der Waals surface area contributed by atoms with E-state index < -0.39 is 11.9 Å². The number of amides is 1. The van der Waals surface area contributed by atoms with Gasteiger partial charge in [0.25, 0.3) is 0 Å². The second-order valence-corrected chi connectivity index (χ2v) is 5.17. The molecule has 90 valence electrons. The van der Waals surface area contributed by atoms with Gasteiger partial charge < -0.3 is 10.0 Å². The molecule has 0 radical (unpaired) electrons. The summed E-state index contributed by atoms with van der Waals surface area (Å²) in [5.41, 5.74) is 0. The zero-order valence-electron chi connectivity index (χ0n) is 9.69. The number of hydrogen-bond acceptors (Lipinski definition) is 2. The number of carboxylic acids is 1. The fourth-order valence-electron chi connectivity index (χ4n) is 2.53. The fourth-order valence-corrected chi connectivity index (χ4v) is 2.53. The molecule has 1 saturated heterocycles. The molecule has 1 aliphatic carbocycles. The first-order chi connectivity index (χ1) is 7.59. The second kappa shape index (κ2) is 4.44. The summed E-state index contributed by atoms with van der Waals surface area (Å²) in [6.07, 6.45) is 3.95. The Balaban J connectivity index is 1.92. The van der Waals surface area contributed by atoms with Crippen molar-refractivity contribution >= 4 is 11.9 Å². The predicted molar refractivity (Wildman–Crippen MR) is 58.8 cm³/mol. The molecule has 3 unspecified atom stereocenters. The van der Waals surface area contributed by atoms with Gasteiger partial charge in [0, 0.05) is 13.1 Å². The van der Waals surface area contributed by atoms with Crippen molar-refractivity contribution in [3.8, 4) is 0 Å². The van der Waals surface area contributed by atoms with Crippen LogP contribution in [0.3, 0.4) is 0 Å². The molecule has 2 rings (SSSR count). The molecular formula is C12H19NO3. The third-order valence-corrected chi connectivity index (χ3v) is 3.64. The van der Waals surface area contributed by atoms with Crippen LogP contribution in [-0.2, 0) is 9.59 Å². The van der Waals surface area contributed by atoms with Gasteiger partial charge in [-0.25, -0.2) is 0 Å². The van der Waals surface area contributed by atoms with Crippen LogP contribution in [0, 0.1) is 17.8 Å². The van der Waals surface area contributed by atoms with Gasteiger partial charge in [-0.3, -0.25) is 9.59 Å². The zero-order chi connectivity index (χ0) is 11.7.